The van der Waals surface area contributed by atoms with Gasteiger partial charge in [-0.3, -0.25) is 0 Å². The molecule has 0 aliphatic heterocycles. The van der Waals surface area contributed by atoms with Crippen LogP contribution in [0.3, 0.4) is 0 Å². The number of hydrogen-bond acceptors (Lipinski definition) is 2. The summed E-state index contributed by atoms with van der Waals surface area (Å²) >= 11 is 0. The van der Waals surface area contributed by atoms with E-state index < -0.39 is 0 Å². The maximum atomic E-state index is 8.73. The quantitative estimate of drug-likeness (QED) is 0.584. The van der Waals surface area contributed by atoms with Gasteiger partial charge in [0, 0.05) is 6.04 Å². The molecule has 2 aliphatic carbocycles. The summed E-state index contributed by atoms with van der Waals surface area (Å²) in [4.78, 5) is 0. The lowest BCUT2D eigenvalue weighted by atomic mass is 10.3. The van der Waals surface area contributed by atoms with Crippen LogP contribution in [0.15, 0.2) is 0 Å². The Morgan fingerprint density at radius 2 is 1.25 bits per heavy atom. The van der Waals surface area contributed by atoms with Gasteiger partial charge in [0.1, 0.15) is 0 Å². The molecule has 3 N–H and O–H groups in total. The number of aliphatic hydroxyl groups is 1. The first-order valence-corrected chi connectivity index (χ1v) is 5.22. The summed E-state index contributed by atoms with van der Waals surface area (Å²) in [6, 6.07) is 0.546. The average Bonchev–Trinajstić information content (AvgIpc) is 2.63. The van der Waals surface area contributed by atoms with Crippen molar-refractivity contribution in [2.24, 2.45) is 5.73 Å². The van der Waals surface area contributed by atoms with Gasteiger partial charge in [-0.25, -0.2) is 0 Å². The van der Waals surface area contributed by atoms with E-state index in [2.05, 4.69) is 0 Å². The minimum absolute atomic E-state index is 0.0463. The van der Waals surface area contributed by atoms with E-state index in [9.17, 15) is 0 Å². The van der Waals surface area contributed by atoms with Crippen LogP contribution in [-0.4, -0.2) is 17.3 Å². The molecule has 0 saturated heterocycles. The van der Waals surface area contributed by atoms with Gasteiger partial charge in [0.05, 0.1) is 6.10 Å². The fourth-order valence-corrected chi connectivity index (χ4v) is 1.86. The van der Waals surface area contributed by atoms with Crippen molar-refractivity contribution >= 4 is 0 Å². The van der Waals surface area contributed by atoms with E-state index in [0.29, 0.717) is 6.04 Å². The molecule has 0 bridgehead atoms. The second-order valence-corrected chi connectivity index (χ2v) is 3.98. The summed E-state index contributed by atoms with van der Waals surface area (Å²) in [5.74, 6) is 0. The largest absolute Gasteiger partial charge is 0.393 e. The van der Waals surface area contributed by atoms with Gasteiger partial charge in [0.2, 0.25) is 0 Å². The van der Waals surface area contributed by atoms with Gasteiger partial charge < -0.3 is 10.8 Å². The SMILES string of the molecule is NC1CCCC1.OC1CCCC1. The predicted molar refractivity (Wildman–Crippen MR) is 50.9 cm³/mol. The van der Waals surface area contributed by atoms with Crippen LogP contribution < -0.4 is 5.73 Å². The maximum Gasteiger partial charge on any atom is 0.0540 e. The monoisotopic (exact) mass is 171 g/mol. The van der Waals surface area contributed by atoms with Gasteiger partial charge in [0.15, 0.2) is 0 Å². The van der Waals surface area contributed by atoms with Crippen LogP contribution in [0.4, 0.5) is 0 Å². The highest BCUT2D eigenvalue weighted by Crippen LogP contribution is 2.16. The molecular weight excluding hydrogens is 150 g/mol. The van der Waals surface area contributed by atoms with Crippen LogP contribution in [0.25, 0.3) is 0 Å². The third kappa shape index (κ3) is 4.07. The van der Waals surface area contributed by atoms with E-state index in [1.807, 2.05) is 0 Å². The number of hydrogen-bond donors (Lipinski definition) is 2. The molecule has 0 heterocycles. The smallest absolute Gasteiger partial charge is 0.0540 e. The zero-order chi connectivity index (χ0) is 8.81. The fourth-order valence-electron chi connectivity index (χ4n) is 1.86. The first-order chi connectivity index (χ1) is 5.79. The van der Waals surface area contributed by atoms with Crippen LogP contribution in [0.1, 0.15) is 51.4 Å². The van der Waals surface area contributed by atoms with Crippen molar-refractivity contribution in [1.29, 1.82) is 0 Å². The Balaban J connectivity index is 0.000000120. The van der Waals surface area contributed by atoms with E-state index in [4.69, 9.17) is 10.8 Å². The van der Waals surface area contributed by atoms with Crippen molar-refractivity contribution in [3.05, 3.63) is 0 Å². The van der Waals surface area contributed by atoms with Crippen molar-refractivity contribution in [2.75, 3.05) is 0 Å². The highest BCUT2D eigenvalue weighted by Gasteiger charge is 2.09. The molecule has 0 atom stereocenters. The third-order valence-electron chi connectivity index (χ3n) is 2.72. The standard InChI is InChI=1S/C5H11N.C5H10O/c2*6-5-3-1-2-4-5/h5H,1-4,6H2;5-6H,1-4H2. The maximum absolute atomic E-state index is 8.73. The van der Waals surface area contributed by atoms with Crippen LogP contribution in [0.5, 0.6) is 0 Å². The Bertz CT molecular complexity index is 90.4. The molecule has 2 saturated carbocycles. The summed E-state index contributed by atoms with van der Waals surface area (Å²) in [6.07, 6.45) is 9.86. The number of aliphatic hydroxyl groups excluding tert-OH is 1. The van der Waals surface area contributed by atoms with Gasteiger partial charge in [-0.15, -0.1) is 0 Å². The van der Waals surface area contributed by atoms with Crippen molar-refractivity contribution in [1.82, 2.24) is 0 Å². The number of nitrogens with two attached hydrogens (primary N) is 1. The van der Waals surface area contributed by atoms with Crippen LogP contribution in [0, 0.1) is 0 Å². The molecule has 0 aromatic heterocycles. The molecule has 0 radical (unpaired) electrons. The van der Waals surface area contributed by atoms with Gasteiger partial charge in [-0.2, -0.15) is 0 Å². The Labute approximate surface area is 75.2 Å². The van der Waals surface area contributed by atoms with Gasteiger partial charge in [-0.1, -0.05) is 25.7 Å². The summed E-state index contributed by atoms with van der Waals surface area (Å²) < 4.78 is 0. The Morgan fingerprint density at radius 1 is 0.833 bits per heavy atom. The van der Waals surface area contributed by atoms with E-state index in [1.165, 1.54) is 38.5 Å². The molecule has 0 aromatic rings. The predicted octanol–water partition coefficient (Wildman–Crippen LogP) is 1.81. The second-order valence-electron chi connectivity index (χ2n) is 3.98. The molecule has 0 unspecified atom stereocenters. The van der Waals surface area contributed by atoms with Crippen molar-refractivity contribution in [2.45, 2.75) is 63.5 Å². The zero-order valence-corrected chi connectivity index (χ0v) is 7.84. The average molecular weight is 171 g/mol. The Morgan fingerprint density at radius 3 is 1.42 bits per heavy atom. The molecule has 2 nitrogen and oxygen atoms in total. The molecular formula is C10H21NO. The molecule has 12 heavy (non-hydrogen) atoms. The third-order valence-corrected chi connectivity index (χ3v) is 2.72. The Hall–Kier alpha value is -0.0800. The van der Waals surface area contributed by atoms with E-state index in [-0.39, 0.29) is 6.10 Å². The summed E-state index contributed by atoms with van der Waals surface area (Å²) in [5.41, 5.74) is 5.53. The van der Waals surface area contributed by atoms with E-state index >= 15 is 0 Å². The molecule has 2 heteroatoms. The van der Waals surface area contributed by atoms with Gasteiger partial charge >= 0.3 is 0 Å². The lowest BCUT2D eigenvalue weighted by Gasteiger charge is -1.92. The van der Waals surface area contributed by atoms with Crippen LogP contribution in [-0.2, 0) is 0 Å². The Kier molecular flexibility index (Phi) is 4.62. The first-order valence-electron chi connectivity index (χ1n) is 5.22. The molecule has 0 amide bonds. The lowest BCUT2D eigenvalue weighted by Crippen LogP contribution is -2.13. The second kappa shape index (κ2) is 5.55. The lowest BCUT2D eigenvalue weighted by molar-refractivity contribution is 0.183. The summed E-state index contributed by atoms with van der Waals surface area (Å²) in [6.45, 7) is 0. The minimum atomic E-state index is 0.0463. The van der Waals surface area contributed by atoms with Crippen LogP contribution in [0.2, 0.25) is 0 Å². The fraction of sp³-hybridized carbons (Fsp3) is 1.00. The normalized spacial score (nSPS) is 25.5. The molecule has 2 rings (SSSR count). The zero-order valence-electron chi connectivity index (χ0n) is 7.84. The molecule has 0 spiro atoms. The summed E-state index contributed by atoms with van der Waals surface area (Å²) in [7, 11) is 0. The van der Waals surface area contributed by atoms with Crippen molar-refractivity contribution in [3.63, 3.8) is 0 Å². The van der Waals surface area contributed by atoms with Gasteiger partial charge in [0.25, 0.3) is 0 Å². The van der Waals surface area contributed by atoms with E-state index in [1.54, 1.807) is 0 Å². The van der Waals surface area contributed by atoms with Gasteiger partial charge in [-0.05, 0) is 25.7 Å². The molecule has 2 fully saturated rings. The van der Waals surface area contributed by atoms with Crippen molar-refractivity contribution < 1.29 is 5.11 Å². The molecule has 0 aromatic carbocycles. The molecule has 72 valence electrons. The molecule has 2 aliphatic rings. The highest BCUT2D eigenvalue weighted by atomic mass is 16.3. The first kappa shape index (κ1) is 10.0. The highest BCUT2D eigenvalue weighted by molar-refractivity contribution is 4.67. The van der Waals surface area contributed by atoms with Crippen LogP contribution >= 0.6 is 0 Å². The number of rotatable bonds is 0. The van der Waals surface area contributed by atoms with Crippen molar-refractivity contribution in [3.8, 4) is 0 Å². The topological polar surface area (TPSA) is 46.2 Å². The van der Waals surface area contributed by atoms with E-state index in [0.717, 1.165) is 12.8 Å². The summed E-state index contributed by atoms with van der Waals surface area (Å²) in [5, 5.41) is 8.73. The minimum Gasteiger partial charge on any atom is -0.393 e.